The number of carbonyl (C=O) groups excluding carboxylic acids is 1. The Balaban J connectivity index is 1.49. The Morgan fingerprint density at radius 1 is 1.19 bits per heavy atom. The molecular formula is C19H16BrF4N7O4S. The van der Waals surface area contributed by atoms with Gasteiger partial charge in [-0.3, -0.25) is 14.2 Å². The van der Waals surface area contributed by atoms with Crippen molar-refractivity contribution in [3.8, 4) is 0 Å². The van der Waals surface area contributed by atoms with Gasteiger partial charge in [0.1, 0.15) is 5.82 Å². The number of benzene rings is 1. The molecule has 1 N–H and O–H groups in total. The first kappa shape index (κ1) is 25.6. The highest BCUT2D eigenvalue weighted by Crippen LogP contribution is 2.30. The van der Waals surface area contributed by atoms with E-state index in [1.54, 1.807) is 18.3 Å². The lowest BCUT2D eigenvalue weighted by molar-refractivity contribution is -0.0477. The third-order valence-corrected chi connectivity index (χ3v) is 6.99. The van der Waals surface area contributed by atoms with Gasteiger partial charge in [-0.15, -0.1) is 15.3 Å². The fourth-order valence-corrected chi connectivity index (χ4v) is 4.53. The Labute approximate surface area is 209 Å². The van der Waals surface area contributed by atoms with Crippen molar-refractivity contribution in [1.29, 1.82) is 0 Å². The van der Waals surface area contributed by atoms with Gasteiger partial charge in [0, 0.05) is 17.2 Å². The molecule has 0 saturated heterocycles. The fraction of sp³-hybridized carbons (Fsp3) is 0.263. The molecule has 0 spiro atoms. The van der Waals surface area contributed by atoms with Crippen molar-refractivity contribution in [2.45, 2.75) is 12.1 Å². The topological polar surface area (TPSA) is 121 Å². The van der Waals surface area contributed by atoms with Crippen LogP contribution >= 0.6 is 15.9 Å². The zero-order valence-electron chi connectivity index (χ0n) is 18.2. The lowest BCUT2D eigenvalue weighted by Gasteiger charge is -2.32. The number of pyridine rings is 1. The van der Waals surface area contributed by atoms with E-state index in [1.807, 2.05) is 0 Å². The van der Waals surface area contributed by atoms with Crippen LogP contribution in [0.4, 0.5) is 23.2 Å². The molecule has 2 aromatic heterocycles. The number of alkyl halides is 3. The molecule has 36 heavy (non-hydrogen) atoms. The largest absolute Gasteiger partial charge is 0.516 e. The second kappa shape index (κ2) is 9.53. The van der Waals surface area contributed by atoms with Crippen LogP contribution in [0.2, 0.25) is 0 Å². The number of nitrogens with zero attached hydrogens (tertiary/aromatic N) is 6. The number of hydrogen-bond donors (Lipinski definition) is 1. The normalized spacial score (nSPS) is 14.7. The van der Waals surface area contributed by atoms with Gasteiger partial charge in [-0.1, -0.05) is 6.07 Å². The van der Waals surface area contributed by atoms with Crippen molar-refractivity contribution >= 4 is 49.2 Å². The lowest BCUT2D eigenvalue weighted by Crippen LogP contribution is -2.51. The van der Waals surface area contributed by atoms with E-state index in [9.17, 15) is 30.8 Å². The summed E-state index contributed by atoms with van der Waals surface area (Å²) in [6.07, 6.45) is 1.62. The molecule has 0 bridgehead atoms. The Bertz CT molecular complexity index is 1460. The second-order valence-corrected chi connectivity index (χ2v) is 10.1. The molecule has 3 aromatic rings. The summed E-state index contributed by atoms with van der Waals surface area (Å²) in [5, 5.41) is 15.1. The number of sulfonamides is 1. The van der Waals surface area contributed by atoms with E-state index in [0.29, 0.717) is 15.7 Å². The average Bonchev–Trinajstić information content (AvgIpc) is 3.24. The predicted octanol–water partition coefficient (Wildman–Crippen LogP) is 2.45. The van der Waals surface area contributed by atoms with Crippen LogP contribution in [0.5, 0.6) is 0 Å². The van der Waals surface area contributed by atoms with Gasteiger partial charge >= 0.3 is 21.6 Å². The molecule has 0 atom stereocenters. The molecule has 17 heteroatoms. The number of hydrazone groups is 1. The molecule has 0 fully saturated rings. The van der Waals surface area contributed by atoms with Crippen molar-refractivity contribution < 1.29 is 35.5 Å². The molecule has 3 heterocycles. The number of amidine groups is 1. The molecule has 1 aliphatic heterocycles. The van der Waals surface area contributed by atoms with Gasteiger partial charge in [0.05, 0.1) is 25.9 Å². The zero-order chi connectivity index (χ0) is 26.3. The number of rotatable bonds is 5. The van der Waals surface area contributed by atoms with E-state index in [-0.39, 0.29) is 28.9 Å². The maximum atomic E-state index is 14.8. The number of nitrogens with one attached hydrogen (secondary N) is 1. The first-order valence-corrected chi connectivity index (χ1v) is 12.2. The zero-order valence-corrected chi connectivity index (χ0v) is 20.6. The number of ether oxygens (including phenoxy) is 1. The van der Waals surface area contributed by atoms with Crippen molar-refractivity contribution in [3.63, 3.8) is 0 Å². The Morgan fingerprint density at radius 2 is 1.94 bits per heavy atom. The van der Waals surface area contributed by atoms with Crippen LogP contribution in [0.25, 0.3) is 5.65 Å². The summed E-state index contributed by atoms with van der Waals surface area (Å²) in [7, 11) is -4.79. The molecule has 0 saturated carbocycles. The third kappa shape index (κ3) is 4.79. The smallest absolute Gasteiger partial charge is 0.467 e. The number of methoxy groups -OCH3 is 1. The highest BCUT2D eigenvalue weighted by molar-refractivity contribution is 9.10. The van der Waals surface area contributed by atoms with Crippen LogP contribution in [-0.4, -0.2) is 65.0 Å². The molecule has 1 aromatic carbocycles. The molecule has 1 aliphatic rings. The SMILES string of the molecule is COC1=NN(c2ccc(CNC(=O)c3nnc4ccc(Br)cn34)cc2F)CCN1S(=O)(=O)C(F)(F)F. The molecule has 0 unspecified atom stereocenters. The quantitative estimate of drug-likeness (QED) is 0.451. The van der Waals surface area contributed by atoms with Crippen molar-refractivity contribution in [2.75, 3.05) is 25.2 Å². The summed E-state index contributed by atoms with van der Waals surface area (Å²) in [4.78, 5) is 12.5. The van der Waals surface area contributed by atoms with Crippen LogP contribution < -0.4 is 10.3 Å². The molecular weight excluding hydrogens is 578 g/mol. The van der Waals surface area contributed by atoms with Crippen LogP contribution in [0, 0.1) is 5.82 Å². The fourth-order valence-electron chi connectivity index (χ4n) is 3.30. The summed E-state index contributed by atoms with van der Waals surface area (Å²) in [5.41, 5.74) is -4.86. The number of anilines is 1. The van der Waals surface area contributed by atoms with Gasteiger partial charge < -0.3 is 10.1 Å². The van der Waals surface area contributed by atoms with Gasteiger partial charge in [-0.25, -0.2) is 8.70 Å². The maximum Gasteiger partial charge on any atom is 0.516 e. The first-order chi connectivity index (χ1) is 16.9. The average molecular weight is 594 g/mol. The summed E-state index contributed by atoms with van der Waals surface area (Å²) in [6, 6.07) is 6.42. The van der Waals surface area contributed by atoms with E-state index in [0.717, 1.165) is 18.2 Å². The van der Waals surface area contributed by atoms with Crippen molar-refractivity contribution in [2.24, 2.45) is 5.10 Å². The van der Waals surface area contributed by atoms with Crippen LogP contribution in [0.1, 0.15) is 16.2 Å². The maximum absolute atomic E-state index is 14.8. The monoisotopic (exact) mass is 593 g/mol. The number of halogens is 5. The number of aromatic nitrogens is 3. The molecule has 1 amide bonds. The van der Waals surface area contributed by atoms with E-state index < -0.39 is 39.8 Å². The molecule has 0 aliphatic carbocycles. The van der Waals surface area contributed by atoms with Crippen LogP contribution in [0.15, 0.2) is 46.1 Å². The van der Waals surface area contributed by atoms with E-state index in [4.69, 9.17) is 4.74 Å². The molecule has 192 valence electrons. The minimum Gasteiger partial charge on any atom is -0.467 e. The number of amides is 1. The number of carbonyl (C=O) groups is 1. The van der Waals surface area contributed by atoms with E-state index in [1.165, 1.54) is 16.5 Å². The van der Waals surface area contributed by atoms with Crippen molar-refractivity contribution in [1.82, 2.24) is 24.2 Å². The lowest BCUT2D eigenvalue weighted by atomic mass is 10.2. The highest BCUT2D eigenvalue weighted by Gasteiger charge is 2.52. The molecule has 11 nitrogen and oxygen atoms in total. The number of fused-ring (bicyclic) bond motifs is 1. The van der Waals surface area contributed by atoms with E-state index in [2.05, 4.69) is 36.5 Å². The van der Waals surface area contributed by atoms with Gasteiger partial charge in [-0.2, -0.15) is 21.6 Å². The molecule has 4 rings (SSSR count). The summed E-state index contributed by atoms with van der Waals surface area (Å²) < 4.78 is 83.9. The Kier molecular flexibility index (Phi) is 6.78. The van der Waals surface area contributed by atoms with Crippen molar-refractivity contribution in [3.05, 3.63) is 58.2 Å². The second-order valence-electron chi connectivity index (χ2n) is 7.30. The third-order valence-electron chi connectivity index (χ3n) is 5.01. The van der Waals surface area contributed by atoms with Gasteiger partial charge in [-0.05, 0) is 45.8 Å². The highest BCUT2D eigenvalue weighted by atomic mass is 79.9. The summed E-state index contributed by atoms with van der Waals surface area (Å²) >= 11 is 3.30. The minimum atomic E-state index is -5.73. The van der Waals surface area contributed by atoms with Gasteiger partial charge in [0.25, 0.3) is 5.91 Å². The summed E-state index contributed by atoms with van der Waals surface area (Å²) in [6.45, 7) is -1.11. The number of hydrogen-bond acceptors (Lipinski definition) is 8. The predicted molar refractivity (Wildman–Crippen MR) is 122 cm³/mol. The Morgan fingerprint density at radius 3 is 2.61 bits per heavy atom. The van der Waals surface area contributed by atoms with Gasteiger partial charge in [0.15, 0.2) is 5.65 Å². The van der Waals surface area contributed by atoms with Gasteiger partial charge in [0.2, 0.25) is 5.82 Å². The van der Waals surface area contributed by atoms with Crippen LogP contribution in [-0.2, 0) is 21.3 Å². The minimum absolute atomic E-state index is 0.0245. The van der Waals surface area contributed by atoms with Crippen LogP contribution in [0.3, 0.4) is 0 Å². The first-order valence-electron chi connectivity index (χ1n) is 9.98. The summed E-state index contributed by atoms with van der Waals surface area (Å²) in [5.74, 6) is -1.33. The molecule has 0 radical (unpaired) electrons. The Hall–Kier alpha value is -3.47. The standard InChI is InChI=1S/C19H16BrF4N7O4S/c1-35-18-28-30(6-7-31(18)36(33,34)19(22,23)24)14-4-2-11(8-13(14)21)9-25-17(32)16-27-26-15-5-3-12(20)10-29(15)16/h2-5,8,10H,6-7,9H2,1H3,(H,25,32). The van der Waals surface area contributed by atoms with E-state index >= 15 is 0 Å².